The molecule has 0 amide bonds. The number of aliphatic hydroxyl groups excluding tert-OH is 8. The number of methoxy groups -OCH3 is 1. The largest absolute Gasteiger partial charge is 0.507 e. The molecule has 5 fully saturated rings. The molecule has 0 saturated carbocycles. The molecule has 0 radical (unpaired) electrons. The van der Waals surface area contributed by atoms with Gasteiger partial charge in [-0.15, -0.1) is 0 Å². The van der Waals surface area contributed by atoms with Crippen LogP contribution in [0.1, 0.15) is 102 Å². The number of ether oxygens (including phenoxy) is 11. The lowest BCUT2D eigenvalue weighted by molar-refractivity contribution is -0.334. The Morgan fingerprint density at radius 2 is 1.17 bits per heavy atom. The van der Waals surface area contributed by atoms with Crippen LogP contribution in [0.5, 0.6) is 17.2 Å². The van der Waals surface area contributed by atoms with Crippen LogP contribution in [-0.2, 0) is 58.6 Å². The molecule has 1 aliphatic carbocycles. The van der Waals surface area contributed by atoms with E-state index < -0.39 is 176 Å². The first-order chi connectivity index (χ1) is 35.7. The average Bonchev–Trinajstić information content (AvgIpc) is 3.38. The molecule has 8 rings (SSSR count). The number of ketones is 2. The summed E-state index contributed by atoms with van der Waals surface area (Å²) < 4.78 is 66.5. The number of hydrogen-bond acceptors (Lipinski definition) is 24. The second kappa shape index (κ2) is 23.4. The second-order valence-electron chi connectivity index (χ2n) is 21.7. The summed E-state index contributed by atoms with van der Waals surface area (Å²) in [5.41, 5.74) is -1.47. The maximum Gasteiger partial charge on any atom is 0.202 e. The zero-order valence-corrected chi connectivity index (χ0v) is 44.0. The van der Waals surface area contributed by atoms with Crippen molar-refractivity contribution in [2.75, 3.05) is 7.11 Å². The highest BCUT2D eigenvalue weighted by Gasteiger charge is 2.51. The van der Waals surface area contributed by atoms with E-state index in [1.165, 1.54) is 46.9 Å². The molecule has 2 aromatic rings. The van der Waals surface area contributed by atoms with Crippen LogP contribution in [0, 0.1) is 12.8 Å². The Kier molecular flexibility index (Phi) is 18.1. The fourth-order valence-electron chi connectivity index (χ4n) is 11.3. The van der Waals surface area contributed by atoms with E-state index in [-0.39, 0.29) is 71.7 Å². The molecule has 2 aromatic carbocycles. The average molecular weight is 1090 g/mol. The number of aliphatic hydroxyl groups is 9. The number of aromatic hydroxyl groups is 2. The predicted molar refractivity (Wildman–Crippen MR) is 259 cm³/mol. The molecule has 24 heteroatoms. The van der Waals surface area contributed by atoms with Crippen LogP contribution < -0.4 is 4.74 Å². The molecule has 0 aromatic heterocycles. The molecule has 24 nitrogen and oxygen atoms in total. The van der Waals surface area contributed by atoms with Crippen molar-refractivity contribution in [3.05, 3.63) is 28.8 Å². The minimum atomic E-state index is -1.95. The van der Waals surface area contributed by atoms with Crippen molar-refractivity contribution in [2.45, 2.75) is 241 Å². The van der Waals surface area contributed by atoms with E-state index in [0.717, 1.165) is 0 Å². The molecule has 0 bridgehead atoms. The molecular formula is C52H76O24. The molecule has 0 spiro atoms. The van der Waals surface area contributed by atoms with Gasteiger partial charge in [0.05, 0.1) is 77.6 Å². The maximum absolute atomic E-state index is 15.0. The lowest BCUT2D eigenvalue weighted by Gasteiger charge is -2.46. The Bertz CT molecular complexity index is 2350. The van der Waals surface area contributed by atoms with Gasteiger partial charge >= 0.3 is 0 Å². The number of phenols is 2. The lowest BCUT2D eigenvalue weighted by atomic mass is 9.75. The van der Waals surface area contributed by atoms with Crippen LogP contribution in [0.3, 0.4) is 0 Å². The number of carbonyl (C=O) groups is 2. The highest BCUT2D eigenvalue weighted by atomic mass is 16.7. The number of hydrogen-bond donors (Lipinski definition) is 11. The summed E-state index contributed by atoms with van der Waals surface area (Å²) in [7, 11) is 1.18. The van der Waals surface area contributed by atoms with Gasteiger partial charge in [-0.1, -0.05) is 0 Å². The number of Topliss-reactive ketones (excluding diaryl/α,β-unsaturated/α-hetero) is 2. The van der Waals surface area contributed by atoms with Crippen molar-refractivity contribution in [3.63, 3.8) is 0 Å². The molecule has 1 unspecified atom stereocenters. The van der Waals surface area contributed by atoms with E-state index in [9.17, 15) is 61.0 Å². The van der Waals surface area contributed by atoms with Gasteiger partial charge in [-0.25, -0.2) is 0 Å². The van der Waals surface area contributed by atoms with Gasteiger partial charge in [-0.3, -0.25) is 9.59 Å². The van der Waals surface area contributed by atoms with Gasteiger partial charge in [0.15, 0.2) is 36.7 Å². The van der Waals surface area contributed by atoms with Crippen molar-refractivity contribution in [1.82, 2.24) is 0 Å². The minimum Gasteiger partial charge on any atom is -0.507 e. The topological polar surface area (TPSA) is 358 Å². The smallest absolute Gasteiger partial charge is 0.202 e. The molecule has 6 aliphatic rings. The molecule has 11 N–H and O–H groups in total. The molecule has 5 heterocycles. The second-order valence-corrected chi connectivity index (χ2v) is 21.7. The first-order valence-corrected chi connectivity index (χ1v) is 26.0. The number of carbonyl (C=O) groups excluding carboxylic acids is 2. The summed E-state index contributed by atoms with van der Waals surface area (Å²) in [5, 5.41) is 120. The Morgan fingerprint density at radius 3 is 1.70 bits per heavy atom. The molecule has 5 saturated heterocycles. The van der Waals surface area contributed by atoms with Gasteiger partial charge in [0, 0.05) is 50.7 Å². The molecule has 5 aliphatic heterocycles. The lowest BCUT2D eigenvalue weighted by Crippen LogP contribution is -2.58. The summed E-state index contributed by atoms with van der Waals surface area (Å²) in [4.78, 5) is 28.9. The monoisotopic (exact) mass is 1080 g/mol. The van der Waals surface area contributed by atoms with E-state index in [1.54, 1.807) is 27.7 Å². The van der Waals surface area contributed by atoms with E-state index in [0.29, 0.717) is 0 Å². The summed E-state index contributed by atoms with van der Waals surface area (Å²) >= 11 is 0. The standard InChI is InChI=1S/C52H76O24/c1-18-29(72-34-14-30(43(58)21(4)68-34)73-33-13-28(54)42(57)20(3)67-33)12-26-10-25-11-27(49(66-9)48(63)41(56)19(2)53)50(47(62)39(25)46(61)38(26)40(18)55)76-36-16-31(44(59)23(6)70-36)74-35-15-32(45(60)22(5)69-35)75-37-17-52(8,65)51(64)24(7)71-37/h10,12,19-24,27-28,30-37,41-45,49-51,53-61,64-65H,11,13-17H2,1-9H3/t19-,20-,21-,22-,23-,24-,27?,28-,30-,31-,32-,33-,34-,35+,36+,37+,41+,42-,43+,44-,45-,49+,50+,51-,52+/m1/s1. The van der Waals surface area contributed by atoms with E-state index in [2.05, 4.69) is 0 Å². The van der Waals surface area contributed by atoms with Gasteiger partial charge in [0.25, 0.3) is 0 Å². The van der Waals surface area contributed by atoms with Crippen LogP contribution in [0.2, 0.25) is 0 Å². The fraction of sp³-hybridized carbons (Fsp3) is 0.769. The number of phenolic OH excluding ortho intramolecular Hbond substituents is 2. The van der Waals surface area contributed by atoms with Crippen molar-refractivity contribution in [3.8, 4) is 17.2 Å². The Labute approximate surface area is 439 Å². The van der Waals surface area contributed by atoms with Crippen LogP contribution in [0.25, 0.3) is 10.8 Å². The molecular weight excluding hydrogens is 1010 g/mol. The van der Waals surface area contributed by atoms with Crippen molar-refractivity contribution < 1.29 is 118 Å². The van der Waals surface area contributed by atoms with Crippen LogP contribution in [0.15, 0.2) is 12.1 Å². The van der Waals surface area contributed by atoms with Gasteiger partial charge in [-0.2, -0.15) is 0 Å². The zero-order valence-electron chi connectivity index (χ0n) is 44.0. The number of fused-ring (bicyclic) bond motifs is 2. The molecule has 25 atom stereocenters. The quantitative estimate of drug-likeness (QED) is 0.110. The molecule has 428 valence electrons. The normalized spacial score (nSPS) is 42.5. The van der Waals surface area contributed by atoms with Crippen molar-refractivity contribution >= 4 is 22.3 Å². The van der Waals surface area contributed by atoms with Gasteiger partial charge < -0.3 is 108 Å². The van der Waals surface area contributed by atoms with Gasteiger partial charge in [0.2, 0.25) is 6.29 Å². The summed E-state index contributed by atoms with van der Waals surface area (Å²) in [6.45, 7) is 12.1. The van der Waals surface area contributed by atoms with Gasteiger partial charge in [0.1, 0.15) is 66.1 Å². The van der Waals surface area contributed by atoms with E-state index in [1.807, 2.05) is 0 Å². The van der Waals surface area contributed by atoms with Crippen LogP contribution in [-0.4, -0.2) is 222 Å². The summed E-state index contributed by atoms with van der Waals surface area (Å²) in [6.07, 6.45) is -27.0. The van der Waals surface area contributed by atoms with Crippen LogP contribution >= 0.6 is 0 Å². The van der Waals surface area contributed by atoms with Crippen molar-refractivity contribution in [1.29, 1.82) is 0 Å². The Hall–Kier alpha value is -3.32. The SMILES string of the molecule is CO[C@H](C(=O)[C@@H](O)[C@@H](C)O)C1Cc2cc3cc(O[C@@H]4C[C@@H](O[C@@H]5C[C@@H](O)[C@H](O)[C@@H](C)O5)[C@@H](O)[C@@H](C)O4)c(C)c(O)c3c(O)c2C(=O)[C@H]1O[C@H]1C[C@@H](O[C@H]2C[C@@H](O[C@H]3C[C@](C)(O)[C@H](O)[C@@H](C)O3)[C@H](O)[C@@H](C)O2)[C@H](O)[C@@H](C)O1. The third-order valence-corrected chi connectivity index (χ3v) is 15.9. The third-order valence-electron chi connectivity index (χ3n) is 15.9. The van der Waals surface area contributed by atoms with E-state index in [4.69, 9.17) is 52.1 Å². The fourth-order valence-corrected chi connectivity index (χ4v) is 11.3. The maximum atomic E-state index is 15.0. The summed E-state index contributed by atoms with van der Waals surface area (Å²) in [6, 6.07) is 3.03. The number of benzene rings is 2. The Balaban J connectivity index is 1.04. The van der Waals surface area contributed by atoms with E-state index >= 15 is 4.79 Å². The zero-order chi connectivity index (χ0) is 55.6. The highest BCUT2D eigenvalue weighted by Crippen LogP contribution is 2.47. The molecule has 76 heavy (non-hydrogen) atoms. The first-order valence-electron chi connectivity index (χ1n) is 26.0. The third kappa shape index (κ3) is 11.9. The van der Waals surface area contributed by atoms with Gasteiger partial charge in [-0.05, 0) is 84.9 Å². The summed E-state index contributed by atoms with van der Waals surface area (Å²) in [5.74, 6) is -4.07. The highest BCUT2D eigenvalue weighted by molar-refractivity contribution is 6.11. The Morgan fingerprint density at radius 1 is 0.684 bits per heavy atom. The number of rotatable bonds is 15. The first kappa shape index (κ1) is 58.8. The van der Waals surface area contributed by atoms with Crippen LogP contribution in [0.4, 0.5) is 0 Å². The van der Waals surface area contributed by atoms with Crippen molar-refractivity contribution in [2.24, 2.45) is 5.92 Å². The predicted octanol–water partition coefficient (Wildman–Crippen LogP) is -0.249. The minimum absolute atomic E-state index is 0.0365.